The normalized spacial score (nSPS) is 14.7. The lowest BCUT2D eigenvalue weighted by Crippen LogP contribution is -2.40. The number of esters is 1. The molecule has 1 aromatic heterocycles. The molecule has 1 aliphatic rings. The zero-order chi connectivity index (χ0) is 28.9. The van der Waals surface area contributed by atoms with Crippen molar-refractivity contribution in [3.8, 4) is 5.75 Å². The highest BCUT2D eigenvalue weighted by Crippen LogP contribution is 2.35. The molecular weight excluding hydrogens is 544 g/mol. The van der Waals surface area contributed by atoms with E-state index in [1.54, 1.807) is 11.5 Å². The molecule has 6 nitrogen and oxygen atoms in total. The number of hydrogen-bond donors (Lipinski definition) is 0. The maximum absolute atomic E-state index is 14.1. The van der Waals surface area contributed by atoms with E-state index in [0.717, 1.165) is 22.3 Å². The van der Waals surface area contributed by atoms with Gasteiger partial charge in [-0.25, -0.2) is 9.79 Å². The fourth-order valence-corrected chi connectivity index (χ4v) is 5.99. The Morgan fingerprint density at radius 1 is 0.881 bits per heavy atom. The first kappa shape index (κ1) is 27.2. The Bertz CT molecular complexity index is 1930. The lowest BCUT2D eigenvalue weighted by molar-refractivity contribution is -0.138. The molecule has 0 amide bonds. The van der Waals surface area contributed by atoms with E-state index in [1.807, 2.05) is 121 Å². The number of para-hydroxylation sites is 1. The molecule has 0 bridgehead atoms. The van der Waals surface area contributed by atoms with Crippen LogP contribution >= 0.6 is 11.3 Å². The molecule has 0 unspecified atom stereocenters. The second-order valence-electron chi connectivity index (χ2n) is 9.65. The number of ether oxygens (including phenoxy) is 2. The first-order valence-corrected chi connectivity index (χ1v) is 14.5. The summed E-state index contributed by atoms with van der Waals surface area (Å²) in [6, 6.07) is 36.0. The van der Waals surface area contributed by atoms with Crippen molar-refractivity contribution in [1.29, 1.82) is 0 Å². The van der Waals surface area contributed by atoms with Crippen LogP contribution < -0.4 is 19.6 Å². The highest BCUT2D eigenvalue weighted by Gasteiger charge is 2.35. The van der Waals surface area contributed by atoms with E-state index in [-0.39, 0.29) is 12.2 Å². The van der Waals surface area contributed by atoms with Crippen LogP contribution in [-0.2, 0) is 16.1 Å². The average Bonchev–Trinajstić information content (AvgIpc) is 3.35. The standard InChI is InChI=1S/C35H28N2O4S/c1-2-40-34(39)30-31(25-16-8-4-9-17-25)36-35-37(32(30)26-18-10-5-11-19-26)33(38)29(42-35)22-27-20-12-13-21-28(27)41-23-24-14-6-3-7-15-24/h3-22,32H,2,23H2,1H3/b29-22+/t32-/m0/s1. The molecule has 208 valence electrons. The van der Waals surface area contributed by atoms with Crippen molar-refractivity contribution in [3.05, 3.63) is 163 Å². The summed E-state index contributed by atoms with van der Waals surface area (Å²) >= 11 is 1.29. The van der Waals surface area contributed by atoms with Crippen LogP contribution in [0.15, 0.2) is 131 Å². The molecule has 1 aliphatic heterocycles. The molecular formula is C35H28N2O4S. The lowest BCUT2D eigenvalue weighted by atomic mass is 9.93. The first-order valence-electron chi connectivity index (χ1n) is 13.7. The Morgan fingerprint density at radius 3 is 2.24 bits per heavy atom. The molecule has 42 heavy (non-hydrogen) atoms. The third kappa shape index (κ3) is 5.47. The van der Waals surface area contributed by atoms with Gasteiger partial charge in [-0.15, -0.1) is 0 Å². The summed E-state index contributed by atoms with van der Waals surface area (Å²) in [6.45, 7) is 2.38. The minimum atomic E-state index is -0.705. The molecule has 0 saturated carbocycles. The second-order valence-corrected chi connectivity index (χ2v) is 10.7. The van der Waals surface area contributed by atoms with Crippen LogP contribution in [0.4, 0.5) is 0 Å². The van der Waals surface area contributed by atoms with Gasteiger partial charge < -0.3 is 9.47 Å². The summed E-state index contributed by atoms with van der Waals surface area (Å²) < 4.78 is 13.8. The smallest absolute Gasteiger partial charge is 0.338 e. The van der Waals surface area contributed by atoms with Crippen molar-refractivity contribution in [2.24, 2.45) is 4.99 Å². The van der Waals surface area contributed by atoms with Gasteiger partial charge >= 0.3 is 5.97 Å². The number of carbonyl (C=O) groups is 1. The Balaban J connectivity index is 1.52. The van der Waals surface area contributed by atoms with E-state index in [4.69, 9.17) is 14.5 Å². The van der Waals surface area contributed by atoms with E-state index < -0.39 is 12.0 Å². The van der Waals surface area contributed by atoms with Crippen molar-refractivity contribution in [3.63, 3.8) is 0 Å². The van der Waals surface area contributed by atoms with Gasteiger partial charge in [-0.2, -0.15) is 0 Å². The fourth-order valence-electron chi connectivity index (χ4n) is 5.00. The number of thiazole rings is 1. The molecule has 0 spiro atoms. The monoisotopic (exact) mass is 572 g/mol. The molecule has 4 aromatic carbocycles. The minimum absolute atomic E-state index is 0.204. The van der Waals surface area contributed by atoms with Crippen LogP contribution in [0, 0.1) is 0 Å². The number of hydrogen-bond acceptors (Lipinski definition) is 6. The molecule has 2 heterocycles. The van der Waals surface area contributed by atoms with Crippen molar-refractivity contribution < 1.29 is 14.3 Å². The molecule has 0 saturated heterocycles. The van der Waals surface area contributed by atoms with E-state index >= 15 is 0 Å². The van der Waals surface area contributed by atoms with Gasteiger partial charge in [-0.3, -0.25) is 9.36 Å². The van der Waals surface area contributed by atoms with Gasteiger partial charge in [-0.1, -0.05) is 121 Å². The number of aromatic nitrogens is 1. The third-order valence-corrected chi connectivity index (χ3v) is 7.91. The van der Waals surface area contributed by atoms with Crippen LogP contribution in [0.2, 0.25) is 0 Å². The van der Waals surface area contributed by atoms with E-state index in [1.165, 1.54) is 11.3 Å². The molecule has 0 fully saturated rings. The second kappa shape index (κ2) is 12.2. The maximum atomic E-state index is 14.1. The molecule has 5 aromatic rings. The fraction of sp³-hybridized carbons (Fsp3) is 0.114. The highest BCUT2D eigenvalue weighted by molar-refractivity contribution is 7.07. The van der Waals surface area contributed by atoms with Crippen LogP contribution in [0.3, 0.4) is 0 Å². The number of nitrogens with zero attached hydrogens (tertiary/aromatic N) is 2. The summed E-state index contributed by atoms with van der Waals surface area (Å²) in [5.74, 6) is 0.173. The zero-order valence-electron chi connectivity index (χ0n) is 23.0. The average molecular weight is 573 g/mol. The third-order valence-electron chi connectivity index (χ3n) is 6.93. The lowest BCUT2D eigenvalue weighted by Gasteiger charge is -2.25. The summed E-state index contributed by atoms with van der Waals surface area (Å²) in [6.07, 6.45) is 1.84. The van der Waals surface area contributed by atoms with Gasteiger partial charge in [0.2, 0.25) is 0 Å². The van der Waals surface area contributed by atoms with Crippen LogP contribution in [0.5, 0.6) is 5.75 Å². The molecule has 1 atom stereocenters. The van der Waals surface area contributed by atoms with Crippen LogP contribution in [0.25, 0.3) is 11.8 Å². The molecule has 0 N–H and O–H groups in total. The van der Waals surface area contributed by atoms with Crippen molar-refractivity contribution >= 4 is 29.1 Å². The number of rotatable bonds is 8. The van der Waals surface area contributed by atoms with E-state index in [9.17, 15) is 9.59 Å². The number of carbonyl (C=O) groups excluding carboxylic acids is 1. The van der Waals surface area contributed by atoms with Gasteiger partial charge in [0.1, 0.15) is 12.4 Å². The van der Waals surface area contributed by atoms with E-state index in [2.05, 4.69) is 0 Å². The van der Waals surface area contributed by atoms with Crippen molar-refractivity contribution in [2.75, 3.05) is 6.61 Å². The van der Waals surface area contributed by atoms with Gasteiger partial charge in [0, 0.05) is 11.1 Å². The quantitative estimate of drug-likeness (QED) is 0.230. The Labute approximate surface area is 247 Å². The predicted octanol–water partition coefficient (Wildman–Crippen LogP) is 5.51. The molecule has 0 aliphatic carbocycles. The topological polar surface area (TPSA) is 69.9 Å². The Morgan fingerprint density at radius 2 is 1.52 bits per heavy atom. The molecule has 6 rings (SSSR count). The summed E-state index contributed by atoms with van der Waals surface area (Å²) in [7, 11) is 0. The SMILES string of the molecule is CCOC(=O)C1=C(c2ccccc2)N=c2s/c(=C/c3ccccc3OCc3ccccc3)c(=O)n2[C@H]1c1ccccc1. The minimum Gasteiger partial charge on any atom is -0.488 e. The van der Waals surface area contributed by atoms with Crippen molar-refractivity contribution in [2.45, 2.75) is 19.6 Å². The summed E-state index contributed by atoms with van der Waals surface area (Å²) in [4.78, 5) is 33.1. The van der Waals surface area contributed by atoms with Gasteiger partial charge in [0.15, 0.2) is 4.80 Å². The summed E-state index contributed by atoms with van der Waals surface area (Å²) in [5.41, 5.74) is 4.00. The van der Waals surface area contributed by atoms with Gasteiger partial charge in [0.25, 0.3) is 5.56 Å². The molecule has 0 radical (unpaired) electrons. The molecule has 7 heteroatoms. The first-order chi connectivity index (χ1) is 20.6. The Hall–Kier alpha value is -5.01. The largest absolute Gasteiger partial charge is 0.488 e. The van der Waals surface area contributed by atoms with Crippen LogP contribution in [-0.4, -0.2) is 17.1 Å². The maximum Gasteiger partial charge on any atom is 0.338 e. The number of benzene rings is 4. The summed E-state index contributed by atoms with van der Waals surface area (Å²) in [5, 5.41) is 0. The van der Waals surface area contributed by atoms with Gasteiger partial charge in [-0.05, 0) is 30.2 Å². The number of fused-ring (bicyclic) bond motifs is 1. The van der Waals surface area contributed by atoms with Crippen molar-refractivity contribution in [1.82, 2.24) is 4.57 Å². The highest BCUT2D eigenvalue weighted by atomic mass is 32.1. The zero-order valence-corrected chi connectivity index (χ0v) is 23.8. The van der Waals surface area contributed by atoms with Crippen LogP contribution in [0.1, 0.15) is 35.2 Å². The van der Waals surface area contributed by atoms with E-state index in [0.29, 0.717) is 33.0 Å². The Kier molecular flexibility index (Phi) is 7.92. The predicted molar refractivity (Wildman–Crippen MR) is 165 cm³/mol. The van der Waals surface area contributed by atoms with Gasteiger partial charge in [0.05, 0.1) is 28.5 Å².